The summed E-state index contributed by atoms with van der Waals surface area (Å²) in [6.07, 6.45) is -0.819. The smallest absolute Gasteiger partial charge is 0.256 e. The molecule has 4 aromatic rings. The molecule has 1 amide bonds. The van der Waals surface area contributed by atoms with Crippen molar-refractivity contribution >= 4 is 16.8 Å². The van der Waals surface area contributed by atoms with E-state index in [2.05, 4.69) is 10.3 Å². The van der Waals surface area contributed by atoms with Crippen LogP contribution in [0, 0.1) is 0 Å². The van der Waals surface area contributed by atoms with E-state index < -0.39 is 18.1 Å². The van der Waals surface area contributed by atoms with Crippen molar-refractivity contribution < 1.29 is 15.0 Å². The van der Waals surface area contributed by atoms with E-state index in [-0.39, 0.29) is 11.3 Å². The molecular formula is C25H22N2O3. The molecule has 0 bridgehead atoms. The fraction of sp³-hybridized carbons (Fsp3) is 0.120. The van der Waals surface area contributed by atoms with E-state index in [9.17, 15) is 15.0 Å². The molecule has 3 aromatic carbocycles. The number of hydrogen-bond donors (Lipinski definition) is 3. The van der Waals surface area contributed by atoms with Gasteiger partial charge in [0.05, 0.1) is 23.2 Å². The molecule has 2 atom stereocenters. The SMILES string of the molecule is C[C@@H](O)[C@@H](NC(=O)c1c(O)c(-c2ccccc2)nc2ccccc12)c1ccccc1. The van der Waals surface area contributed by atoms with Crippen LogP contribution >= 0.6 is 0 Å². The second kappa shape index (κ2) is 8.35. The first-order valence-corrected chi connectivity index (χ1v) is 9.77. The third kappa shape index (κ3) is 3.75. The Hall–Kier alpha value is -3.70. The van der Waals surface area contributed by atoms with Crippen molar-refractivity contribution in [2.45, 2.75) is 19.1 Å². The Balaban J connectivity index is 1.83. The fourth-order valence-electron chi connectivity index (χ4n) is 3.59. The predicted octanol–water partition coefficient (Wildman–Crippen LogP) is 4.46. The number of hydrogen-bond acceptors (Lipinski definition) is 4. The topological polar surface area (TPSA) is 82.5 Å². The van der Waals surface area contributed by atoms with Crippen LogP contribution in [-0.2, 0) is 0 Å². The number of fused-ring (bicyclic) bond motifs is 1. The van der Waals surface area contributed by atoms with Gasteiger partial charge in [0.25, 0.3) is 5.91 Å². The molecule has 1 aromatic heterocycles. The summed E-state index contributed by atoms with van der Waals surface area (Å²) in [7, 11) is 0. The lowest BCUT2D eigenvalue weighted by Crippen LogP contribution is -2.35. The van der Waals surface area contributed by atoms with Crippen molar-refractivity contribution in [1.29, 1.82) is 0 Å². The molecule has 30 heavy (non-hydrogen) atoms. The van der Waals surface area contributed by atoms with Gasteiger partial charge < -0.3 is 15.5 Å². The molecule has 0 saturated carbocycles. The Kier molecular flexibility index (Phi) is 5.46. The molecular weight excluding hydrogens is 376 g/mol. The Morgan fingerprint density at radius 2 is 1.50 bits per heavy atom. The van der Waals surface area contributed by atoms with Crippen molar-refractivity contribution in [3.8, 4) is 17.0 Å². The van der Waals surface area contributed by atoms with Crippen molar-refractivity contribution in [1.82, 2.24) is 10.3 Å². The quantitative estimate of drug-likeness (QED) is 0.464. The van der Waals surface area contributed by atoms with Crippen LogP contribution < -0.4 is 5.32 Å². The lowest BCUT2D eigenvalue weighted by atomic mass is 9.99. The van der Waals surface area contributed by atoms with E-state index in [1.54, 1.807) is 25.1 Å². The molecule has 150 valence electrons. The number of para-hydroxylation sites is 1. The van der Waals surface area contributed by atoms with E-state index >= 15 is 0 Å². The number of nitrogens with zero attached hydrogens (tertiary/aromatic N) is 1. The van der Waals surface area contributed by atoms with E-state index in [4.69, 9.17) is 0 Å². The van der Waals surface area contributed by atoms with Crippen LogP contribution in [0.2, 0.25) is 0 Å². The van der Waals surface area contributed by atoms with Gasteiger partial charge in [-0.1, -0.05) is 78.9 Å². The van der Waals surface area contributed by atoms with Crippen molar-refractivity contribution in [3.05, 3.63) is 96.1 Å². The first-order chi connectivity index (χ1) is 14.6. The van der Waals surface area contributed by atoms with Crippen LogP contribution in [-0.4, -0.2) is 27.2 Å². The number of amides is 1. The van der Waals surface area contributed by atoms with Gasteiger partial charge in [0.1, 0.15) is 5.69 Å². The second-order valence-electron chi connectivity index (χ2n) is 7.17. The average Bonchev–Trinajstić information content (AvgIpc) is 2.78. The third-order valence-electron chi connectivity index (χ3n) is 5.07. The van der Waals surface area contributed by atoms with Crippen molar-refractivity contribution in [3.63, 3.8) is 0 Å². The Morgan fingerprint density at radius 1 is 0.900 bits per heavy atom. The Bertz CT molecular complexity index is 1180. The fourth-order valence-corrected chi connectivity index (χ4v) is 3.59. The number of benzene rings is 3. The number of aromatic hydroxyl groups is 1. The van der Waals surface area contributed by atoms with Crippen molar-refractivity contribution in [2.24, 2.45) is 0 Å². The molecule has 3 N–H and O–H groups in total. The Labute approximate surface area is 174 Å². The van der Waals surface area contributed by atoms with E-state index in [0.29, 0.717) is 22.2 Å². The summed E-state index contributed by atoms with van der Waals surface area (Å²) in [4.78, 5) is 17.9. The first kappa shape index (κ1) is 19.6. The van der Waals surface area contributed by atoms with Crippen LogP contribution in [0.1, 0.15) is 28.9 Å². The van der Waals surface area contributed by atoms with Crippen LogP contribution in [0.4, 0.5) is 0 Å². The summed E-state index contributed by atoms with van der Waals surface area (Å²) in [5.74, 6) is -0.659. The molecule has 5 heteroatoms. The molecule has 4 rings (SSSR count). The summed E-state index contributed by atoms with van der Waals surface area (Å²) in [6.45, 7) is 1.62. The zero-order valence-electron chi connectivity index (χ0n) is 16.5. The van der Waals surface area contributed by atoms with Crippen LogP contribution in [0.25, 0.3) is 22.2 Å². The molecule has 0 aliphatic carbocycles. The highest BCUT2D eigenvalue weighted by Crippen LogP contribution is 2.35. The average molecular weight is 398 g/mol. The van der Waals surface area contributed by atoms with Gasteiger partial charge in [0, 0.05) is 10.9 Å². The highest BCUT2D eigenvalue weighted by atomic mass is 16.3. The number of carbonyl (C=O) groups excluding carboxylic acids is 1. The van der Waals surface area contributed by atoms with E-state index in [1.165, 1.54) is 0 Å². The largest absolute Gasteiger partial charge is 0.505 e. The van der Waals surface area contributed by atoms with Gasteiger partial charge >= 0.3 is 0 Å². The molecule has 1 heterocycles. The van der Waals surface area contributed by atoms with Crippen LogP contribution in [0.5, 0.6) is 5.75 Å². The number of aliphatic hydroxyl groups excluding tert-OH is 1. The normalized spacial score (nSPS) is 13.0. The molecule has 0 spiro atoms. The molecule has 0 radical (unpaired) electrons. The second-order valence-corrected chi connectivity index (χ2v) is 7.17. The first-order valence-electron chi connectivity index (χ1n) is 9.77. The van der Waals surface area contributed by atoms with Gasteiger partial charge in [-0.15, -0.1) is 0 Å². The zero-order chi connectivity index (χ0) is 21.1. The minimum atomic E-state index is -0.819. The Morgan fingerprint density at radius 3 is 2.17 bits per heavy atom. The van der Waals surface area contributed by atoms with Gasteiger partial charge in [-0.25, -0.2) is 4.98 Å². The van der Waals surface area contributed by atoms with Gasteiger partial charge in [0.2, 0.25) is 0 Å². The van der Waals surface area contributed by atoms with E-state index in [0.717, 1.165) is 5.56 Å². The highest BCUT2D eigenvalue weighted by molar-refractivity contribution is 6.10. The number of rotatable bonds is 5. The van der Waals surface area contributed by atoms with Crippen molar-refractivity contribution in [2.75, 3.05) is 0 Å². The summed E-state index contributed by atoms with van der Waals surface area (Å²) in [5.41, 5.74) is 2.58. The number of carbonyl (C=O) groups is 1. The molecule has 0 aliphatic heterocycles. The minimum Gasteiger partial charge on any atom is -0.505 e. The van der Waals surface area contributed by atoms with Crippen LogP contribution in [0.15, 0.2) is 84.9 Å². The third-order valence-corrected chi connectivity index (χ3v) is 5.07. The summed E-state index contributed by atoms with van der Waals surface area (Å²) >= 11 is 0. The molecule has 0 fully saturated rings. The monoisotopic (exact) mass is 398 g/mol. The molecule has 5 nitrogen and oxygen atoms in total. The summed E-state index contributed by atoms with van der Waals surface area (Å²) < 4.78 is 0. The lowest BCUT2D eigenvalue weighted by molar-refractivity contribution is 0.0857. The lowest BCUT2D eigenvalue weighted by Gasteiger charge is -2.23. The standard InChI is InChI=1S/C25H22N2O3/c1-16(28)22(17-10-4-2-5-11-17)27-25(30)21-19-14-8-9-15-20(19)26-23(24(21)29)18-12-6-3-7-13-18/h2-16,22,28-29H,1H3,(H,27,30)/t16-,22-/m1/s1. The highest BCUT2D eigenvalue weighted by Gasteiger charge is 2.25. The van der Waals surface area contributed by atoms with Gasteiger partial charge in [-0.05, 0) is 18.6 Å². The summed E-state index contributed by atoms with van der Waals surface area (Å²) in [5, 5.41) is 24.8. The number of nitrogens with one attached hydrogen (secondary N) is 1. The maximum absolute atomic E-state index is 13.3. The maximum atomic E-state index is 13.3. The molecule has 0 aliphatic rings. The molecule has 0 unspecified atom stereocenters. The number of aliphatic hydroxyl groups is 1. The number of pyridine rings is 1. The van der Waals surface area contributed by atoms with Gasteiger partial charge in [0.15, 0.2) is 5.75 Å². The molecule has 0 saturated heterocycles. The predicted molar refractivity (Wildman–Crippen MR) is 117 cm³/mol. The zero-order valence-corrected chi connectivity index (χ0v) is 16.5. The van der Waals surface area contributed by atoms with E-state index in [1.807, 2.05) is 66.7 Å². The van der Waals surface area contributed by atoms with Gasteiger partial charge in [-0.2, -0.15) is 0 Å². The minimum absolute atomic E-state index is 0.140. The summed E-state index contributed by atoms with van der Waals surface area (Å²) in [6, 6.07) is 25.1. The number of aromatic nitrogens is 1. The van der Waals surface area contributed by atoms with Gasteiger partial charge in [-0.3, -0.25) is 4.79 Å². The van der Waals surface area contributed by atoms with Crippen LogP contribution in [0.3, 0.4) is 0 Å². The maximum Gasteiger partial charge on any atom is 0.256 e.